The predicted octanol–water partition coefficient (Wildman–Crippen LogP) is 4.98. The minimum Gasteiger partial charge on any atom is -0.494 e. The molecule has 152 valence electrons. The molecule has 5 nitrogen and oxygen atoms in total. The summed E-state index contributed by atoms with van der Waals surface area (Å²) in [5.74, 6) is 2.07. The number of ether oxygens (including phenoxy) is 3. The Kier molecular flexibility index (Phi) is 9.19. The average Bonchev–Trinajstić information content (AvgIpc) is 2.73. The van der Waals surface area contributed by atoms with Crippen LogP contribution in [0.3, 0.4) is 0 Å². The van der Waals surface area contributed by atoms with Crippen molar-refractivity contribution in [1.82, 2.24) is 5.32 Å². The molecule has 0 atom stereocenters. The summed E-state index contributed by atoms with van der Waals surface area (Å²) in [6, 6.07) is 12.9. The Labute approximate surface area is 168 Å². The van der Waals surface area contributed by atoms with E-state index in [4.69, 9.17) is 14.2 Å². The van der Waals surface area contributed by atoms with Crippen molar-refractivity contribution in [2.75, 3.05) is 20.3 Å². The molecule has 0 radical (unpaired) electrons. The van der Waals surface area contributed by atoms with Gasteiger partial charge in [-0.15, -0.1) is 0 Å². The molecule has 5 heteroatoms. The topological polar surface area (TPSA) is 56.8 Å². The maximum atomic E-state index is 12.4. The number of rotatable bonds is 12. The molecule has 0 aliphatic carbocycles. The molecule has 0 bridgehead atoms. The van der Waals surface area contributed by atoms with Crippen LogP contribution in [0.25, 0.3) is 0 Å². The van der Waals surface area contributed by atoms with Crippen LogP contribution in [-0.4, -0.2) is 26.2 Å². The monoisotopic (exact) mass is 385 g/mol. The van der Waals surface area contributed by atoms with Gasteiger partial charge in [-0.05, 0) is 54.8 Å². The van der Waals surface area contributed by atoms with Gasteiger partial charge in [0.05, 0.1) is 20.3 Å². The molecular formula is C23H31NO4. The third-order valence-corrected chi connectivity index (χ3v) is 4.32. The second kappa shape index (κ2) is 11.9. The highest BCUT2D eigenvalue weighted by molar-refractivity contribution is 5.94. The summed E-state index contributed by atoms with van der Waals surface area (Å²) in [5, 5.41) is 2.93. The van der Waals surface area contributed by atoms with E-state index < -0.39 is 0 Å². The fourth-order valence-corrected chi connectivity index (χ4v) is 2.59. The van der Waals surface area contributed by atoms with Crippen molar-refractivity contribution in [2.24, 2.45) is 0 Å². The largest absolute Gasteiger partial charge is 0.494 e. The van der Waals surface area contributed by atoms with Crippen molar-refractivity contribution < 1.29 is 19.0 Å². The summed E-state index contributed by atoms with van der Waals surface area (Å²) in [7, 11) is 1.62. The van der Waals surface area contributed by atoms with Gasteiger partial charge in [0, 0.05) is 12.1 Å². The van der Waals surface area contributed by atoms with Gasteiger partial charge in [0.2, 0.25) is 0 Å². The van der Waals surface area contributed by atoms with Crippen molar-refractivity contribution in [3.05, 3.63) is 53.6 Å². The molecule has 2 aromatic rings. The van der Waals surface area contributed by atoms with Gasteiger partial charge in [-0.2, -0.15) is 0 Å². The Hall–Kier alpha value is -2.69. The number of amides is 1. The number of nitrogens with one attached hydrogen (secondary N) is 1. The Morgan fingerprint density at radius 1 is 0.893 bits per heavy atom. The smallest absolute Gasteiger partial charge is 0.251 e. The lowest BCUT2D eigenvalue weighted by Gasteiger charge is -2.12. The molecule has 1 amide bonds. The van der Waals surface area contributed by atoms with E-state index in [1.54, 1.807) is 19.2 Å². The first-order valence-electron chi connectivity index (χ1n) is 9.98. The maximum Gasteiger partial charge on any atom is 0.251 e. The van der Waals surface area contributed by atoms with Crippen LogP contribution in [0.2, 0.25) is 0 Å². The molecule has 0 fully saturated rings. The average molecular weight is 386 g/mol. The van der Waals surface area contributed by atoms with Crippen LogP contribution in [0, 0.1) is 0 Å². The van der Waals surface area contributed by atoms with Gasteiger partial charge in [-0.3, -0.25) is 4.79 Å². The van der Waals surface area contributed by atoms with Crippen LogP contribution in [0.4, 0.5) is 0 Å². The Morgan fingerprint density at radius 3 is 2.21 bits per heavy atom. The van der Waals surface area contributed by atoms with Crippen LogP contribution in [0.15, 0.2) is 42.5 Å². The molecule has 0 aliphatic rings. The van der Waals surface area contributed by atoms with Crippen molar-refractivity contribution in [2.45, 2.75) is 46.1 Å². The Balaban J connectivity index is 1.89. The second-order valence-corrected chi connectivity index (χ2v) is 6.60. The van der Waals surface area contributed by atoms with E-state index in [9.17, 15) is 4.79 Å². The number of benzene rings is 2. The zero-order valence-corrected chi connectivity index (χ0v) is 17.1. The predicted molar refractivity (Wildman–Crippen MR) is 111 cm³/mol. The normalized spacial score (nSPS) is 10.4. The van der Waals surface area contributed by atoms with Gasteiger partial charge < -0.3 is 19.5 Å². The Bertz CT molecular complexity index is 728. The quantitative estimate of drug-likeness (QED) is 0.523. The zero-order chi connectivity index (χ0) is 20.2. The number of carbonyl (C=O) groups is 1. The highest BCUT2D eigenvalue weighted by atomic mass is 16.5. The molecule has 28 heavy (non-hydrogen) atoms. The molecular weight excluding hydrogens is 354 g/mol. The van der Waals surface area contributed by atoms with Crippen LogP contribution in [0.5, 0.6) is 17.2 Å². The first-order valence-corrected chi connectivity index (χ1v) is 9.98. The van der Waals surface area contributed by atoms with E-state index in [0.717, 1.165) is 42.7 Å². The minimum absolute atomic E-state index is 0.123. The molecule has 0 spiro atoms. The summed E-state index contributed by atoms with van der Waals surface area (Å²) < 4.78 is 16.8. The molecule has 0 saturated heterocycles. The molecule has 0 aromatic heterocycles. The molecule has 2 rings (SSSR count). The van der Waals surface area contributed by atoms with E-state index in [1.165, 1.54) is 0 Å². The van der Waals surface area contributed by atoms with E-state index in [2.05, 4.69) is 19.2 Å². The lowest BCUT2D eigenvalue weighted by molar-refractivity contribution is 0.0951. The van der Waals surface area contributed by atoms with Gasteiger partial charge in [0.25, 0.3) is 5.91 Å². The van der Waals surface area contributed by atoms with E-state index in [1.807, 2.05) is 30.3 Å². The summed E-state index contributed by atoms with van der Waals surface area (Å²) in [6.45, 7) is 6.03. The van der Waals surface area contributed by atoms with Crippen molar-refractivity contribution >= 4 is 5.91 Å². The molecule has 0 heterocycles. The minimum atomic E-state index is -0.123. The number of methoxy groups -OCH3 is 1. The van der Waals surface area contributed by atoms with Gasteiger partial charge >= 0.3 is 0 Å². The lowest BCUT2D eigenvalue weighted by Crippen LogP contribution is -2.22. The SMILES string of the molecule is CCCCOc1ccc(C(=O)NCc2ccc(OCCCC)c(OC)c2)cc1. The fraction of sp³-hybridized carbons (Fsp3) is 0.435. The number of carbonyl (C=O) groups excluding carboxylic acids is 1. The van der Waals surface area contributed by atoms with Crippen LogP contribution in [0.1, 0.15) is 55.5 Å². The zero-order valence-electron chi connectivity index (χ0n) is 17.1. The number of hydrogen-bond acceptors (Lipinski definition) is 4. The van der Waals surface area contributed by atoms with Gasteiger partial charge in [0.15, 0.2) is 11.5 Å². The van der Waals surface area contributed by atoms with E-state index in [0.29, 0.717) is 31.1 Å². The molecule has 2 aromatic carbocycles. The van der Waals surface area contributed by atoms with Crippen molar-refractivity contribution in [3.63, 3.8) is 0 Å². The highest BCUT2D eigenvalue weighted by Crippen LogP contribution is 2.28. The fourth-order valence-electron chi connectivity index (χ4n) is 2.59. The third kappa shape index (κ3) is 6.80. The third-order valence-electron chi connectivity index (χ3n) is 4.32. The van der Waals surface area contributed by atoms with Crippen LogP contribution >= 0.6 is 0 Å². The van der Waals surface area contributed by atoms with Gasteiger partial charge in [-0.1, -0.05) is 32.8 Å². The van der Waals surface area contributed by atoms with Gasteiger partial charge in [-0.25, -0.2) is 0 Å². The standard InChI is InChI=1S/C23H31NO4/c1-4-6-14-27-20-11-9-19(10-12-20)23(25)24-17-18-8-13-21(22(16-18)26-3)28-15-7-5-2/h8-13,16H,4-7,14-15,17H2,1-3H3,(H,24,25). The molecule has 0 saturated carbocycles. The van der Waals surface area contributed by atoms with Crippen molar-refractivity contribution in [1.29, 1.82) is 0 Å². The first-order chi connectivity index (χ1) is 13.7. The van der Waals surface area contributed by atoms with E-state index >= 15 is 0 Å². The maximum absolute atomic E-state index is 12.4. The first kappa shape index (κ1) is 21.6. The number of unbranched alkanes of at least 4 members (excludes halogenated alkanes) is 2. The van der Waals surface area contributed by atoms with Gasteiger partial charge in [0.1, 0.15) is 5.75 Å². The summed E-state index contributed by atoms with van der Waals surface area (Å²) >= 11 is 0. The van der Waals surface area contributed by atoms with Crippen molar-refractivity contribution in [3.8, 4) is 17.2 Å². The Morgan fingerprint density at radius 2 is 1.57 bits per heavy atom. The molecule has 0 unspecified atom stereocenters. The number of hydrogen-bond donors (Lipinski definition) is 1. The van der Waals surface area contributed by atoms with E-state index in [-0.39, 0.29) is 5.91 Å². The summed E-state index contributed by atoms with van der Waals surface area (Å²) in [5.41, 5.74) is 1.56. The molecule has 0 aliphatic heterocycles. The second-order valence-electron chi connectivity index (χ2n) is 6.60. The summed E-state index contributed by atoms with van der Waals surface area (Å²) in [6.07, 6.45) is 4.20. The highest BCUT2D eigenvalue weighted by Gasteiger charge is 2.09. The molecule has 1 N–H and O–H groups in total. The lowest BCUT2D eigenvalue weighted by atomic mass is 10.1. The summed E-state index contributed by atoms with van der Waals surface area (Å²) in [4.78, 5) is 12.4. The van der Waals surface area contributed by atoms with Crippen LogP contribution < -0.4 is 19.5 Å². The van der Waals surface area contributed by atoms with Crippen LogP contribution in [-0.2, 0) is 6.54 Å².